The second kappa shape index (κ2) is 7.39. The SMILES string of the molecule is CC(CCN(C)CCc1ccc(Cl)cc1)C(=O)O. The summed E-state index contributed by atoms with van der Waals surface area (Å²) in [6.45, 7) is 3.48. The van der Waals surface area contributed by atoms with E-state index in [1.165, 1.54) is 5.56 Å². The number of likely N-dealkylation sites (N-methyl/N-ethyl adjacent to an activating group) is 1. The molecule has 0 aliphatic carbocycles. The number of carboxylic acid groups (broad SMARTS) is 1. The number of carbonyl (C=O) groups is 1. The summed E-state index contributed by atoms with van der Waals surface area (Å²) in [7, 11) is 2.02. The van der Waals surface area contributed by atoms with Crippen molar-refractivity contribution in [3.63, 3.8) is 0 Å². The third-order valence-corrected chi connectivity index (χ3v) is 3.31. The largest absolute Gasteiger partial charge is 0.481 e. The third kappa shape index (κ3) is 5.52. The zero-order chi connectivity index (χ0) is 13.5. The highest BCUT2D eigenvalue weighted by molar-refractivity contribution is 6.30. The molecule has 0 aliphatic heterocycles. The summed E-state index contributed by atoms with van der Waals surface area (Å²) in [6, 6.07) is 7.83. The Balaban J connectivity index is 2.26. The Hall–Kier alpha value is -1.06. The number of aliphatic carboxylic acids is 1. The van der Waals surface area contributed by atoms with E-state index in [2.05, 4.69) is 4.90 Å². The van der Waals surface area contributed by atoms with Gasteiger partial charge in [-0.25, -0.2) is 0 Å². The van der Waals surface area contributed by atoms with Crippen molar-refractivity contribution < 1.29 is 9.90 Å². The van der Waals surface area contributed by atoms with E-state index in [4.69, 9.17) is 16.7 Å². The van der Waals surface area contributed by atoms with Crippen molar-refractivity contribution in [3.05, 3.63) is 34.9 Å². The van der Waals surface area contributed by atoms with Crippen molar-refractivity contribution in [3.8, 4) is 0 Å². The molecule has 3 nitrogen and oxygen atoms in total. The quantitative estimate of drug-likeness (QED) is 0.827. The first-order chi connectivity index (χ1) is 8.49. The summed E-state index contributed by atoms with van der Waals surface area (Å²) in [5.41, 5.74) is 1.25. The first-order valence-corrected chi connectivity index (χ1v) is 6.52. The van der Waals surface area contributed by atoms with Gasteiger partial charge in [0.15, 0.2) is 0 Å². The van der Waals surface area contributed by atoms with Crippen LogP contribution in [0.4, 0.5) is 0 Å². The highest BCUT2D eigenvalue weighted by Gasteiger charge is 2.11. The Kier molecular flexibility index (Phi) is 6.16. The molecule has 0 spiro atoms. The van der Waals surface area contributed by atoms with Crippen LogP contribution in [0.3, 0.4) is 0 Å². The molecule has 0 saturated carbocycles. The molecule has 100 valence electrons. The Morgan fingerprint density at radius 2 is 1.94 bits per heavy atom. The lowest BCUT2D eigenvalue weighted by Crippen LogP contribution is -2.25. The van der Waals surface area contributed by atoms with Crippen LogP contribution in [0.1, 0.15) is 18.9 Å². The fourth-order valence-electron chi connectivity index (χ4n) is 1.62. The van der Waals surface area contributed by atoms with Gasteiger partial charge in [-0.3, -0.25) is 4.79 Å². The number of halogens is 1. The summed E-state index contributed by atoms with van der Waals surface area (Å²) in [6.07, 6.45) is 1.64. The normalized spacial score (nSPS) is 12.7. The highest BCUT2D eigenvalue weighted by Crippen LogP contribution is 2.10. The maximum absolute atomic E-state index is 10.7. The van der Waals surface area contributed by atoms with Crippen molar-refractivity contribution in [2.24, 2.45) is 5.92 Å². The van der Waals surface area contributed by atoms with Crippen LogP contribution >= 0.6 is 11.6 Å². The summed E-state index contributed by atoms with van der Waals surface area (Å²) in [4.78, 5) is 12.9. The van der Waals surface area contributed by atoms with Gasteiger partial charge in [0, 0.05) is 11.6 Å². The molecule has 1 aromatic rings. The molecule has 18 heavy (non-hydrogen) atoms. The molecular weight excluding hydrogens is 250 g/mol. The monoisotopic (exact) mass is 269 g/mol. The minimum atomic E-state index is -0.721. The van der Waals surface area contributed by atoms with Crippen molar-refractivity contribution in [1.29, 1.82) is 0 Å². The van der Waals surface area contributed by atoms with Crippen LogP contribution in [-0.2, 0) is 11.2 Å². The minimum absolute atomic E-state index is 0.275. The average molecular weight is 270 g/mol. The molecule has 4 heteroatoms. The van der Waals surface area contributed by atoms with Crippen LogP contribution in [0, 0.1) is 5.92 Å². The maximum Gasteiger partial charge on any atom is 0.306 e. The molecular formula is C14H20ClNO2. The zero-order valence-electron chi connectivity index (χ0n) is 10.9. The molecule has 0 radical (unpaired) electrons. The molecule has 0 heterocycles. The topological polar surface area (TPSA) is 40.5 Å². The van der Waals surface area contributed by atoms with Gasteiger partial charge >= 0.3 is 5.97 Å². The molecule has 0 saturated heterocycles. The summed E-state index contributed by atoms with van der Waals surface area (Å²) < 4.78 is 0. The molecule has 1 rings (SSSR count). The lowest BCUT2D eigenvalue weighted by Gasteiger charge is -2.17. The Morgan fingerprint density at radius 1 is 1.33 bits per heavy atom. The van der Waals surface area contributed by atoms with Crippen molar-refractivity contribution in [2.45, 2.75) is 19.8 Å². The zero-order valence-corrected chi connectivity index (χ0v) is 11.7. The molecule has 1 unspecified atom stereocenters. The molecule has 1 atom stereocenters. The summed E-state index contributed by atoms with van der Waals surface area (Å²) in [5, 5.41) is 9.55. The van der Waals surface area contributed by atoms with Gasteiger partial charge < -0.3 is 10.0 Å². The predicted molar refractivity (Wildman–Crippen MR) is 74.1 cm³/mol. The molecule has 0 amide bonds. The van der Waals surface area contributed by atoms with E-state index in [9.17, 15) is 4.79 Å². The van der Waals surface area contributed by atoms with E-state index < -0.39 is 5.97 Å². The molecule has 0 aromatic heterocycles. The first kappa shape index (κ1) is 15.0. The van der Waals surface area contributed by atoms with E-state index in [0.717, 1.165) is 24.5 Å². The van der Waals surface area contributed by atoms with Gasteiger partial charge in [0.05, 0.1) is 5.92 Å². The Bertz CT molecular complexity index is 378. The number of rotatable bonds is 7. The van der Waals surface area contributed by atoms with E-state index in [-0.39, 0.29) is 5.92 Å². The van der Waals surface area contributed by atoms with E-state index in [0.29, 0.717) is 6.42 Å². The van der Waals surface area contributed by atoms with Gasteiger partial charge in [-0.2, -0.15) is 0 Å². The fraction of sp³-hybridized carbons (Fsp3) is 0.500. The lowest BCUT2D eigenvalue weighted by atomic mass is 10.1. The van der Waals surface area contributed by atoms with Gasteiger partial charge in [-0.05, 0) is 44.1 Å². The van der Waals surface area contributed by atoms with Gasteiger partial charge in [-0.15, -0.1) is 0 Å². The number of hydrogen-bond acceptors (Lipinski definition) is 2. The fourth-order valence-corrected chi connectivity index (χ4v) is 1.75. The molecule has 1 aromatic carbocycles. The summed E-state index contributed by atoms with van der Waals surface area (Å²) >= 11 is 5.82. The summed E-state index contributed by atoms with van der Waals surface area (Å²) in [5.74, 6) is -0.996. The second-order valence-corrected chi connectivity index (χ2v) is 5.14. The number of carboxylic acids is 1. The number of hydrogen-bond donors (Lipinski definition) is 1. The average Bonchev–Trinajstić information content (AvgIpc) is 2.35. The standard InChI is InChI=1S/C14H20ClNO2/c1-11(14(17)18)7-9-16(2)10-8-12-3-5-13(15)6-4-12/h3-6,11H,7-10H2,1-2H3,(H,17,18). The van der Waals surface area contributed by atoms with Gasteiger partial charge in [0.2, 0.25) is 0 Å². The first-order valence-electron chi connectivity index (χ1n) is 6.15. The minimum Gasteiger partial charge on any atom is -0.481 e. The molecule has 0 fully saturated rings. The Labute approximate surface area is 113 Å². The van der Waals surface area contributed by atoms with Crippen molar-refractivity contribution >= 4 is 17.6 Å². The van der Waals surface area contributed by atoms with E-state index >= 15 is 0 Å². The van der Waals surface area contributed by atoms with Crippen LogP contribution in [0.15, 0.2) is 24.3 Å². The van der Waals surface area contributed by atoms with Crippen molar-refractivity contribution in [2.75, 3.05) is 20.1 Å². The predicted octanol–water partition coefficient (Wildman–Crippen LogP) is 2.93. The van der Waals surface area contributed by atoms with Gasteiger partial charge in [-0.1, -0.05) is 30.7 Å². The highest BCUT2D eigenvalue weighted by atomic mass is 35.5. The Morgan fingerprint density at radius 3 is 2.50 bits per heavy atom. The maximum atomic E-state index is 10.7. The number of benzene rings is 1. The van der Waals surface area contributed by atoms with Crippen LogP contribution < -0.4 is 0 Å². The smallest absolute Gasteiger partial charge is 0.306 e. The van der Waals surface area contributed by atoms with Gasteiger partial charge in [0.1, 0.15) is 0 Å². The van der Waals surface area contributed by atoms with E-state index in [1.807, 2.05) is 31.3 Å². The number of nitrogens with zero attached hydrogens (tertiary/aromatic N) is 1. The second-order valence-electron chi connectivity index (χ2n) is 4.71. The third-order valence-electron chi connectivity index (χ3n) is 3.06. The molecule has 1 N–H and O–H groups in total. The lowest BCUT2D eigenvalue weighted by molar-refractivity contribution is -0.141. The molecule has 0 aliphatic rings. The van der Waals surface area contributed by atoms with Crippen LogP contribution in [0.25, 0.3) is 0 Å². The van der Waals surface area contributed by atoms with E-state index in [1.54, 1.807) is 6.92 Å². The van der Waals surface area contributed by atoms with Crippen molar-refractivity contribution in [1.82, 2.24) is 4.90 Å². The van der Waals surface area contributed by atoms with Crippen LogP contribution in [0.2, 0.25) is 5.02 Å². The van der Waals surface area contributed by atoms with Crippen LogP contribution in [-0.4, -0.2) is 36.1 Å². The van der Waals surface area contributed by atoms with Crippen LogP contribution in [0.5, 0.6) is 0 Å². The molecule has 0 bridgehead atoms. The van der Waals surface area contributed by atoms with Gasteiger partial charge in [0.25, 0.3) is 0 Å².